The van der Waals surface area contributed by atoms with Crippen molar-refractivity contribution in [2.24, 2.45) is 0 Å². The number of anilines is 1. The second kappa shape index (κ2) is 6.07. The smallest absolute Gasteiger partial charge is 0.354 e. The first kappa shape index (κ1) is 16.2. The molecule has 0 fully saturated rings. The molecule has 1 aromatic heterocycles. The maximum atomic E-state index is 13.0. The molecule has 0 aliphatic carbocycles. The number of benzene rings is 1. The molecule has 1 aromatic carbocycles. The van der Waals surface area contributed by atoms with Crippen molar-refractivity contribution in [1.29, 1.82) is 0 Å². The Morgan fingerprint density at radius 3 is 2.42 bits per heavy atom. The number of nitrogens with zero attached hydrogens (tertiary/aromatic N) is 2. The number of carbonyl (C=O) groups excluding carboxylic acids is 1. The van der Waals surface area contributed by atoms with Crippen LogP contribution in [0.15, 0.2) is 42.5 Å². The summed E-state index contributed by atoms with van der Waals surface area (Å²) in [7, 11) is 0. The molecule has 2 heterocycles. The molecule has 5 nitrogen and oxygen atoms in total. The van der Waals surface area contributed by atoms with Crippen LogP contribution in [0.5, 0.6) is 0 Å². The number of rotatable bonds is 4. The van der Waals surface area contributed by atoms with Gasteiger partial charge >= 0.3 is 5.97 Å². The van der Waals surface area contributed by atoms with Gasteiger partial charge in [0.1, 0.15) is 11.4 Å². The van der Waals surface area contributed by atoms with E-state index in [-0.39, 0.29) is 22.7 Å². The van der Waals surface area contributed by atoms with Gasteiger partial charge in [-0.2, -0.15) is 0 Å². The van der Waals surface area contributed by atoms with E-state index in [1.165, 1.54) is 11.6 Å². The van der Waals surface area contributed by atoms with Crippen molar-refractivity contribution in [1.82, 2.24) is 4.98 Å². The predicted molar refractivity (Wildman–Crippen MR) is 91.6 cm³/mol. The Morgan fingerprint density at radius 1 is 1.08 bits per heavy atom. The summed E-state index contributed by atoms with van der Waals surface area (Å²) in [4.78, 5) is 29.8. The lowest BCUT2D eigenvalue weighted by atomic mass is 9.78. The Hall–Kier alpha value is -2.69. The van der Waals surface area contributed by atoms with Crippen molar-refractivity contribution < 1.29 is 14.7 Å². The van der Waals surface area contributed by atoms with Crippen LogP contribution in [-0.2, 0) is 5.41 Å². The van der Waals surface area contributed by atoms with Gasteiger partial charge in [0.05, 0.1) is 0 Å². The standard InChI is InChI=1S/C19H20N2O3/c1-3-19(4-2)12-21(16-11-6-5-8-13(16)19)17(22)14-9-7-10-15(20-14)18(23)24/h5-11H,3-4,12H2,1-2H3,(H,23,24). The topological polar surface area (TPSA) is 70.5 Å². The summed E-state index contributed by atoms with van der Waals surface area (Å²) in [6.07, 6.45) is 1.87. The van der Waals surface area contributed by atoms with E-state index in [1.54, 1.807) is 17.0 Å². The summed E-state index contributed by atoms with van der Waals surface area (Å²) in [6, 6.07) is 12.4. The zero-order valence-corrected chi connectivity index (χ0v) is 13.8. The number of aromatic nitrogens is 1. The second-order valence-corrected chi connectivity index (χ2v) is 6.11. The van der Waals surface area contributed by atoms with E-state index in [1.807, 2.05) is 18.2 Å². The highest BCUT2D eigenvalue weighted by Gasteiger charge is 2.42. The van der Waals surface area contributed by atoms with E-state index >= 15 is 0 Å². The molecular formula is C19H20N2O3. The first-order chi connectivity index (χ1) is 11.5. The summed E-state index contributed by atoms with van der Waals surface area (Å²) in [5.41, 5.74) is 2.06. The van der Waals surface area contributed by atoms with Crippen LogP contribution in [0.1, 0.15) is 53.2 Å². The molecule has 5 heteroatoms. The van der Waals surface area contributed by atoms with Crippen molar-refractivity contribution in [3.63, 3.8) is 0 Å². The molecule has 0 atom stereocenters. The van der Waals surface area contributed by atoms with Crippen molar-refractivity contribution in [2.75, 3.05) is 11.4 Å². The Balaban J connectivity index is 2.03. The van der Waals surface area contributed by atoms with Gasteiger partial charge in [-0.15, -0.1) is 0 Å². The number of hydrogen-bond donors (Lipinski definition) is 1. The summed E-state index contributed by atoms with van der Waals surface area (Å²) in [5.74, 6) is -1.39. The van der Waals surface area contributed by atoms with Crippen LogP contribution < -0.4 is 4.90 Å². The van der Waals surface area contributed by atoms with Crippen LogP contribution >= 0.6 is 0 Å². The van der Waals surface area contributed by atoms with Crippen molar-refractivity contribution in [3.8, 4) is 0 Å². The highest BCUT2D eigenvalue weighted by Crippen LogP contribution is 2.45. The van der Waals surface area contributed by atoms with Gasteiger partial charge in [-0.25, -0.2) is 9.78 Å². The lowest BCUT2D eigenvalue weighted by Crippen LogP contribution is -2.37. The molecule has 1 N–H and O–H groups in total. The van der Waals surface area contributed by atoms with Crippen LogP contribution in [0.2, 0.25) is 0 Å². The summed E-state index contributed by atoms with van der Waals surface area (Å²) < 4.78 is 0. The van der Waals surface area contributed by atoms with E-state index in [4.69, 9.17) is 5.11 Å². The number of fused-ring (bicyclic) bond motifs is 1. The van der Waals surface area contributed by atoms with Crippen LogP contribution in [0.3, 0.4) is 0 Å². The molecular weight excluding hydrogens is 304 g/mol. The predicted octanol–water partition coefficient (Wildman–Crippen LogP) is 3.50. The van der Waals surface area contributed by atoms with E-state index in [2.05, 4.69) is 24.9 Å². The summed E-state index contributed by atoms with van der Waals surface area (Å²) >= 11 is 0. The third-order valence-electron chi connectivity index (χ3n) is 5.01. The monoisotopic (exact) mass is 324 g/mol. The molecule has 1 aliphatic heterocycles. The fourth-order valence-electron chi connectivity index (χ4n) is 3.48. The number of carbonyl (C=O) groups is 2. The van der Waals surface area contributed by atoms with Gasteiger partial charge < -0.3 is 10.0 Å². The molecule has 3 rings (SSSR count). The number of hydrogen-bond acceptors (Lipinski definition) is 3. The maximum Gasteiger partial charge on any atom is 0.354 e. The lowest BCUT2D eigenvalue weighted by Gasteiger charge is -2.27. The largest absolute Gasteiger partial charge is 0.477 e. The Bertz CT molecular complexity index is 797. The van der Waals surface area contributed by atoms with Crippen molar-refractivity contribution in [3.05, 3.63) is 59.4 Å². The molecule has 24 heavy (non-hydrogen) atoms. The van der Waals surface area contributed by atoms with E-state index in [0.29, 0.717) is 6.54 Å². The SMILES string of the molecule is CCC1(CC)CN(C(=O)c2cccc(C(=O)O)n2)c2ccccc21. The van der Waals surface area contributed by atoms with E-state index in [0.717, 1.165) is 18.5 Å². The van der Waals surface area contributed by atoms with E-state index in [9.17, 15) is 9.59 Å². The van der Waals surface area contributed by atoms with Crippen molar-refractivity contribution >= 4 is 17.6 Å². The molecule has 124 valence electrons. The second-order valence-electron chi connectivity index (χ2n) is 6.11. The van der Waals surface area contributed by atoms with Gasteiger partial charge in [0.25, 0.3) is 5.91 Å². The number of para-hydroxylation sites is 1. The zero-order chi connectivity index (χ0) is 17.3. The van der Waals surface area contributed by atoms with Crippen LogP contribution in [0, 0.1) is 0 Å². The minimum absolute atomic E-state index is 0.0589. The number of carboxylic acids is 1. The van der Waals surface area contributed by atoms with Crippen molar-refractivity contribution in [2.45, 2.75) is 32.1 Å². The minimum atomic E-state index is -1.14. The molecule has 1 aliphatic rings. The number of aromatic carboxylic acids is 1. The highest BCUT2D eigenvalue weighted by atomic mass is 16.4. The summed E-state index contributed by atoms with van der Waals surface area (Å²) in [5, 5.41) is 9.09. The molecule has 0 radical (unpaired) electrons. The Kier molecular flexibility index (Phi) is 4.09. The highest BCUT2D eigenvalue weighted by molar-refractivity contribution is 6.07. The van der Waals surface area contributed by atoms with Gasteiger partial charge in [-0.05, 0) is 36.6 Å². The van der Waals surface area contributed by atoms with Gasteiger partial charge in [0.15, 0.2) is 0 Å². The maximum absolute atomic E-state index is 13.0. The first-order valence-corrected chi connectivity index (χ1v) is 8.14. The fraction of sp³-hybridized carbons (Fsp3) is 0.316. The quantitative estimate of drug-likeness (QED) is 0.934. The Labute approximate surface area is 140 Å². The van der Waals surface area contributed by atoms with Gasteiger partial charge in [0, 0.05) is 17.6 Å². The van der Waals surface area contributed by atoms with Gasteiger partial charge in [0.2, 0.25) is 0 Å². The minimum Gasteiger partial charge on any atom is -0.477 e. The summed E-state index contributed by atoms with van der Waals surface area (Å²) in [6.45, 7) is 4.87. The molecule has 0 bridgehead atoms. The van der Waals surface area contributed by atoms with Crippen LogP contribution in [0.4, 0.5) is 5.69 Å². The molecule has 0 saturated heterocycles. The molecule has 2 aromatic rings. The first-order valence-electron chi connectivity index (χ1n) is 8.14. The van der Waals surface area contributed by atoms with Gasteiger partial charge in [-0.3, -0.25) is 4.79 Å². The number of pyridine rings is 1. The molecule has 1 amide bonds. The van der Waals surface area contributed by atoms with Crippen LogP contribution in [-0.4, -0.2) is 28.5 Å². The zero-order valence-electron chi connectivity index (χ0n) is 13.8. The fourth-order valence-corrected chi connectivity index (χ4v) is 3.48. The number of amides is 1. The Morgan fingerprint density at radius 2 is 1.75 bits per heavy atom. The molecule has 0 spiro atoms. The molecule has 0 saturated carbocycles. The number of carboxylic acid groups (broad SMARTS) is 1. The normalized spacial score (nSPS) is 15.2. The average Bonchev–Trinajstić information content (AvgIpc) is 2.96. The van der Waals surface area contributed by atoms with Crippen LogP contribution in [0.25, 0.3) is 0 Å². The molecule has 0 unspecified atom stereocenters. The van der Waals surface area contributed by atoms with E-state index < -0.39 is 5.97 Å². The van der Waals surface area contributed by atoms with Gasteiger partial charge in [-0.1, -0.05) is 38.1 Å². The third-order valence-corrected chi connectivity index (χ3v) is 5.01. The third kappa shape index (κ3) is 2.46. The lowest BCUT2D eigenvalue weighted by molar-refractivity contribution is 0.0690. The average molecular weight is 324 g/mol.